The summed E-state index contributed by atoms with van der Waals surface area (Å²) in [6, 6.07) is 12.0. The molecule has 0 fully saturated rings. The fourth-order valence-electron chi connectivity index (χ4n) is 2.00. The molecule has 1 N–H and O–H groups in total. The van der Waals surface area contributed by atoms with Gasteiger partial charge in [-0.05, 0) is 22.0 Å². The fraction of sp³-hybridized carbons (Fsp3) is 0.200. The summed E-state index contributed by atoms with van der Waals surface area (Å²) in [5, 5.41) is 20.2. The second-order valence-electron chi connectivity index (χ2n) is 4.37. The van der Waals surface area contributed by atoms with Crippen LogP contribution < -0.4 is 4.74 Å². The van der Waals surface area contributed by atoms with Crippen LogP contribution in [0.4, 0.5) is 5.69 Å². The molecule has 2 aromatic carbocycles. The second-order valence-corrected chi connectivity index (χ2v) is 5.22. The van der Waals surface area contributed by atoms with Crippen LogP contribution in [-0.4, -0.2) is 16.6 Å². The van der Waals surface area contributed by atoms with Crippen molar-refractivity contribution in [3.05, 3.63) is 68.2 Å². The third-order valence-corrected chi connectivity index (χ3v) is 3.65. The van der Waals surface area contributed by atoms with E-state index in [2.05, 4.69) is 15.9 Å². The Hall–Kier alpha value is -1.92. The van der Waals surface area contributed by atoms with Crippen LogP contribution >= 0.6 is 15.9 Å². The Balaban J connectivity index is 2.07. The Morgan fingerprint density at radius 1 is 1.14 bits per heavy atom. The summed E-state index contributed by atoms with van der Waals surface area (Å²) in [4.78, 5) is 10.5. The summed E-state index contributed by atoms with van der Waals surface area (Å²) in [5.74, 6) is 0.568. The Morgan fingerprint density at radius 3 is 2.57 bits per heavy atom. The zero-order valence-electron chi connectivity index (χ0n) is 11.2. The molecule has 0 aliphatic rings. The highest BCUT2D eigenvalue weighted by atomic mass is 79.9. The van der Waals surface area contributed by atoms with Gasteiger partial charge in [0.2, 0.25) is 0 Å². The molecule has 0 radical (unpaired) electrons. The molecule has 0 saturated carbocycles. The fourth-order valence-corrected chi connectivity index (χ4v) is 2.52. The van der Waals surface area contributed by atoms with E-state index in [0.717, 1.165) is 4.47 Å². The Bertz CT molecular complexity index is 645. The van der Waals surface area contributed by atoms with Gasteiger partial charge in [0.1, 0.15) is 5.75 Å². The van der Waals surface area contributed by atoms with Crippen LogP contribution in [0.1, 0.15) is 11.1 Å². The first-order chi connectivity index (χ1) is 10.1. The van der Waals surface area contributed by atoms with E-state index in [-0.39, 0.29) is 12.3 Å². The van der Waals surface area contributed by atoms with Gasteiger partial charge in [0.15, 0.2) is 0 Å². The van der Waals surface area contributed by atoms with Crippen LogP contribution in [0.2, 0.25) is 0 Å². The number of aliphatic hydroxyl groups is 1. The smallest absolute Gasteiger partial charge is 0.272 e. The lowest BCUT2D eigenvalue weighted by molar-refractivity contribution is -0.385. The van der Waals surface area contributed by atoms with E-state index in [4.69, 9.17) is 4.74 Å². The molecule has 0 aliphatic carbocycles. The van der Waals surface area contributed by atoms with Gasteiger partial charge in [-0.3, -0.25) is 10.1 Å². The standard InChI is InChI=1S/C15H14BrNO4/c16-13-6-3-5-12(10-18)15(13)21-9-8-11-4-1-2-7-14(11)17(19)20/h1-7,18H,8-10H2. The molecule has 110 valence electrons. The van der Waals surface area contributed by atoms with Crippen molar-refractivity contribution < 1.29 is 14.8 Å². The molecule has 0 amide bonds. The molecule has 21 heavy (non-hydrogen) atoms. The van der Waals surface area contributed by atoms with Crippen LogP contribution in [0.3, 0.4) is 0 Å². The summed E-state index contributed by atoms with van der Waals surface area (Å²) in [6.07, 6.45) is 0.420. The highest BCUT2D eigenvalue weighted by molar-refractivity contribution is 9.10. The molecule has 2 aromatic rings. The van der Waals surface area contributed by atoms with Gasteiger partial charge in [0.05, 0.1) is 22.6 Å². The molecule has 5 nitrogen and oxygen atoms in total. The van der Waals surface area contributed by atoms with Gasteiger partial charge in [0, 0.05) is 23.6 Å². The highest BCUT2D eigenvalue weighted by Crippen LogP contribution is 2.29. The molecule has 0 spiro atoms. The third-order valence-electron chi connectivity index (χ3n) is 3.02. The minimum absolute atomic E-state index is 0.0932. The maximum Gasteiger partial charge on any atom is 0.272 e. The number of hydrogen-bond acceptors (Lipinski definition) is 4. The van der Waals surface area contributed by atoms with Crippen molar-refractivity contribution in [1.29, 1.82) is 0 Å². The Morgan fingerprint density at radius 2 is 1.86 bits per heavy atom. The average Bonchev–Trinajstić information content (AvgIpc) is 2.49. The van der Waals surface area contributed by atoms with Gasteiger partial charge in [-0.1, -0.05) is 30.3 Å². The van der Waals surface area contributed by atoms with Crippen molar-refractivity contribution in [2.24, 2.45) is 0 Å². The van der Waals surface area contributed by atoms with Gasteiger partial charge in [0.25, 0.3) is 5.69 Å². The molecular weight excluding hydrogens is 338 g/mol. The van der Waals surface area contributed by atoms with Crippen LogP contribution in [0.25, 0.3) is 0 Å². The SMILES string of the molecule is O=[N+]([O-])c1ccccc1CCOc1c(Br)cccc1CO. The monoisotopic (exact) mass is 351 g/mol. The maximum atomic E-state index is 10.9. The molecule has 0 atom stereocenters. The third kappa shape index (κ3) is 3.80. The average molecular weight is 352 g/mol. The van der Waals surface area contributed by atoms with E-state index in [9.17, 15) is 15.2 Å². The number of hydrogen-bond donors (Lipinski definition) is 1. The molecule has 0 unspecified atom stereocenters. The van der Waals surface area contributed by atoms with Crippen LogP contribution in [0.5, 0.6) is 5.75 Å². The molecule has 0 aromatic heterocycles. The van der Waals surface area contributed by atoms with Crippen LogP contribution in [0, 0.1) is 10.1 Å². The number of halogens is 1. The predicted octanol–water partition coefficient (Wildman–Crippen LogP) is 3.47. The summed E-state index contributed by atoms with van der Waals surface area (Å²) in [7, 11) is 0. The summed E-state index contributed by atoms with van der Waals surface area (Å²) < 4.78 is 6.41. The molecule has 2 rings (SSSR count). The molecule has 0 aliphatic heterocycles. The first kappa shape index (κ1) is 15.5. The molecular formula is C15H14BrNO4. The number of para-hydroxylation sites is 2. The van der Waals surface area contributed by atoms with Crippen molar-refractivity contribution >= 4 is 21.6 Å². The number of nitrogens with zero attached hydrogens (tertiary/aromatic N) is 1. The number of nitro benzene ring substituents is 1. The Labute approximate surface area is 130 Å². The van der Waals surface area contributed by atoms with Crippen LogP contribution in [0.15, 0.2) is 46.9 Å². The topological polar surface area (TPSA) is 72.6 Å². The van der Waals surface area contributed by atoms with Crippen LogP contribution in [-0.2, 0) is 13.0 Å². The van der Waals surface area contributed by atoms with Crippen molar-refractivity contribution in [3.63, 3.8) is 0 Å². The number of nitro groups is 1. The zero-order valence-corrected chi connectivity index (χ0v) is 12.7. The second kappa shape index (κ2) is 7.19. The minimum Gasteiger partial charge on any atom is -0.492 e. The number of aliphatic hydroxyl groups excluding tert-OH is 1. The predicted molar refractivity (Wildman–Crippen MR) is 82.4 cm³/mol. The molecule has 0 heterocycles. The van der Waals surface area contributed by atoms with E-state index in [1.807, 2.05) is 12.1 Å². The molecule has 0 bridgehead atoms. The number of rotatable bonds is 6. The maximum absolute atomic E-state index is 10.9. The lowest BCUT2D eigenvalue weighted by Crippen LogP contribution is -2.06. The van der Waals surface area contributed by atoms with E-state index < -0.39 is 4.92 Å². The number of ether oxygens (including phenoxy) is 1. The normalized spacial score (nSPS) is 10.4. The minimum atomic E-state index is -0.396. The van der Waals surface area contributed by atoms with Gasteiger partial charge in [-0.2, -0.15) is 0 Å². The van der Waals surface area contributed by atoms with E-state index in [1.54, 1.807) is 24.3 Å². The van der Waals surface area contributed by atoms with Crippen molar-refractivity contribution in [2.45, 2.75) is 13.0 Å². The molecule has 6 heteroatoms. The van der Waals surface area contributed by atoms with Crippen molar-refractivity contribution in [3.8, 4) is 5.75 Å². The lowest BCUT2D eigenvalue weighted by atomic mass is 10.1. The van der Waals surface area contributed by atoms with Gasteiger partial charge in [-0.15, -0.1) is 0 Å². The van der Waals surface area contributed by atoms with Gasteiger partial charge in [-0.25, -0.2) is 0 Å². The first-order valence-corrected chi connectivity index (χ1v) is 7.16. The zero-order chi connectivity index (χ0) is 15.2. The largest absolute Gasteiger partial charge is 0.492 e. The summed E-state index contributed by atoms with van der Waals surface area (Å²) in [6.45, 7) is 0.167. The summed E-state index contributed by atoms with van der Waals surface area (Å²) in [5.41, 5.74) is 1.39. The van der Waals surface area contributed by atoms with Crippen molar-refractivity contribution in [2.75, 3.05) is 6.61 Å². The molecule has 0 saturated heterocycles. The van der Waals surface area contributed by atoms with Gasteiger partial charge < -0.3 is 9.84 Å². The van der Waals surface area contributed by atoms with Gasteiger partial charge >= 0.3 is 0 Å². The number of benzene rings is 2. The van der Waals surface area contributed by atoms with E-state index >= 15 is 0 Å². The first-order valence-electron chi connectivity index (χ1n) is 6.37. The quantitative estimate of drug-likeness (QED) is 0.638. The highest BCUT2D eigenvalue weighted by Gasteiger charge is 2.13. The van der Waals surface area contributed by atoms with E-state index in [0.29, 0.717) is 29.9 Å². The van der Waals surface area contributed by atoms with E-state index in [1.165, 1.54) is 6.07 Å². The lowest BCUT2D eigenvalue weighted by Gasteiger charge is -2.12. The van der Waals surface area contributed by atoms with Crippen molar-refractivity contribution in [1.82, 2.24) is 0 Å². The Kier molecular flexibility index (Phi) is 5.30. The summed E-state index contributed by atoms with van der Waals surface area (Å²) >= 11 is 3.37.